The van der Waals surface area contributed by atoms with Crippen LogP contribution in [0.15, 0.2) is 25.2 Å². The Bertz CT molecular complexity index is 898. The van der Waals surface area contributed by atoms with Gasteiger partial charge in [0.2, 0.25) is 5.91 Å². The average Bonchev–Trinajstić information content (AvgIpc) is 3.16. The fraction of sp³-hybridized carbons (Fsp3) is 0.550. The molecule has 8 nitrogen and oxygen atoms in total. The van der Waals surface area contributed by atoms with Crippen LogP contribution in [-0.2, 0) is 14.3 Å². The van der Waals surface area contributed by atoms with Crippen LogP contribution in [0.1, 0.15) is 24.3 Å². The Morgan fingerprint density at radius 1 is 1.25 bits per heavy atom. The highest BCUT2D eigenvalue weighted by Crippen LogP contribution is 2.39. The van der Waals surface area contributed by atoms with E-state index in [0.717, 1.165) is 56.0 Å². The molecule has 0 aromatic carbocycles. The predicted molar refractivity (Wildman–Crippen MR) is 104 cm³/mol. The number of aromatic nitrogens is 3. The lowest BCUT2D eigenvalue weighted by atomic mass is 9.89. The molecule has 3 aliphatic rings. The molecule has 2 aromatic rings. The second-order valence-electron chi connectivity index (χ2n) is 7.90. The number of carbonyl (C=O) groups is 1. The third-order valence-electron chi connectivity index (χ3n) is 6.13. The van der Waals surface area contributed by atoms with Gasteiger partial charge in [-0.15, -0.1) is 0 Å². The van der Waals surface area contributed by atoms with Crippen molar-refractivity contribution in [2.24, 2.45) is 0 Å². The second-order valence-corrected chi connectivity index (χ2v) is 7.90. The van der Waals surface area contributed by atoms with Gasteiger partial charge in [-0.1, -0.05) is 6.58 Å². The summed E-state index contributed by atoms with van der Waals surface area (Å²) in [6.45, 7) is 8.42. The number of carbonyl (C=O) groups excluding carboxylic acids is 1. The van der Waals surface area contributed by atoms with Crippen LogP contribution < -0.4 is 4.90 Å². The van der Waals surface area contributed by atoms with Gasteiger partial charge in [0.15, 0.2) is 0 Å². The van der Waals surface area contributed by atoms with Gasteiger partial charge in [0.25, 0.3) is 0 Å². The Balaban J connectivity index is 1.40. The van der Waals surface area contributed by atoms with Crippen LogP contribution in [-0.4, -0.2) is 77.4 Å². The molecule has 8 heteroatoms. The van der Waals surface area contributed by atoms with Gasteiger partial charge in [-0.3, -0.25) is 4.79 Å². The van der Waals surface area contributed by atoms with Crippen LogP contribution >= 0.6 is 0 Å². The SMILES string of the molecule is C=CC(=O)N1CCOC2(C1)CN(c1ncnc3[nH]cc(C4CCOCC4)c13)C2. The Morgan fingerprint density at radius 3 is 2.86 bits per heavy atom. The third kappa shape index (κ3) is 2.87. The van der Waals surface area contributed by atoms with Gasteiger partial charge < -0.3 is 24.3 Å². The summed E-state index contributed by atoms with van der Waals surface area (Å²) >= 11 is 0. The maximum Gasteiger partial charge on any atom is 0.246 e. The number of aromatic amines is 1. The zero-order chi connectivity index (χ0) is 19.1. The number of hydrogen-bond donors (Lipinski definition) is 1. The molecule has 0 radical (unpaired) electrons. The van der Waals surface area contributed by atoms with Gasteiger partial charge >= 0.3 is 0 Å². The maximum atomic E-state index is 12.0. The normalized spacial score (nSPS) is 22.4. The van der Waals surface area contributed by atoms with Gasteiger partial charge in [-0.25, -0.2) is 9.97 Å². The molecule has 3 fully saturated rings. The minimum absolute atomic E-state index is 0.0296. The van der Waals surface area contributed by atoms with E-state index in [2.05, 4.69) is 32.6 Å². The number of anilines is 1. The predicted octanol–water partition coefficient (Wildman–Crippen LogP) is 1.46. The summed E-state index contributed by atoms with van der Waals surface area (Å²) < 4.78 is 11.6. The molecule has 148 valence electrons. The first-order valence-corrected chi connectivity index (χ1v) is 9.89. The van der Waals surface area contributed by atoms with Crippen LogP contribution in [0.3, 0.4) is 0 Å². The second kappa shape index (κ2) is 6.86. The quantitative estimate of drug-likeness (QED) is 0.808. The van der Waals surface area contributed by atoms with Gasteiger partial charge in [-0.05, 0) is 30.4 Å². The molecule has 1 amide bonds. The lowest BCUT2D eigenvalue weighted by Crippen LogP contribution is -2.71. The van der Waals surface area contributed by atoms with Crippen molar-refractivity contribution >= 4 is 22.8 Å². The highest BCUT2D eigenvalue weighted by Gasteiger charge is 2.49. The zero-order valence-corrected chi connectivity index (χ0v) is 15.9. The zero-order valence-electron chi connectivity index (χ0n) is 15.9. The topological polar surface area (TPSA) is 83.6 Å². The van der Waals surface area contributed by atoms with Crippen molar-refractivity contribution in [1.29, 1.82) is 0 Å². The van der Waals surface area contributed by atoms with E-state index in [1.54, 1.807) is 6.33 Å². The summed E-state index contributed by atoms with van der Waals surface area (Å²) in [6, 6.07) is 0. The molecule has 5 rings (SSSR count). The number of morpholine rings is 1. The number of rotatable bonds is 3. The van der Waals surface area contributed by atoms with Crippen molar-refractivity contribution in [2.75, 3.05) is 50.9 Å². The number of hydrogen-bond acceptors (Lipinski definition) is 6. The van der Waals surface area contributed by atoms with Gasteiger partial charge in [0, 0.05) is 26.0 Å². The van der Waals surface area contributed by atoms with Crippen molar-refractivity contribution in [3.05, 3.63) is 30.7 Å². The molecule has 28 heavy (non-hydrogen) atoms. The van der Waals surface area contributed by atoms with E-state index in [4.69, 9.17) is 9.47 Å². The van der Waals surface area contributed by atoms with E-state index in [-0.39, 0.29) is 11.5 Å². The number of fused-ring (bicyclic) bond motifs is 1. The minimum atomic E-state index is -0.316. The summed E-state index contributed by atoms with van der Waals surface area (Å²) in [4.78, 5) is 28.4. The Kier molecular flexibility index (Phi) is 4.32. The van der Waals surface area contributed by atoms with Gasteiger partial charge in [0.1, 0.15) is 23.4 Å². The number of nitrogens with one attached hydrogen (secondary N) is 1. The number of nitrogens with zero attached hydrogens (tertiary/aromatic N) is 4. The van der Waals surface area contributed by atoms with Gasteiger partial charge in [0.05, 0.1) is 31.6 Å². The van der Waals surface area contributed by atoms with E-state index < -0.39 is 0 Å². The lowest BCUT2D eigenvalue weighted by Gasteiger charge is -2.54. The first-order chi connectivity index (χ1) is 13.7. The standard InChI is InChI=1S/C20H25N5O3/c1-2-16(26)24-5-8-28-20(10-24)11-25(12-20)19-17-15(14-3-6-27-7-4-14)9-21-18(17)22-13-23-19/h2,9,13-14H,1,3-8,10-12H2,(H,21,22,23). The molecule has 5 heterocycles. The Morgan fingerprint density at radius 2 is 2.07 bits per heavy atom. The average molecular weight is 383 g/mol. The van der Waals surface area contributed by atoms with E-state index in [0.29, 0.717) is 25.6 Å². The molecule has 0 atom stereocenters. The van der Waals surface area contributed by atoms with Crippen molar-refractivity contribution < 1.29 is 14.3 Å². The van der Waals surface area contributed by atoms with Gasteiger partial charge in [-0.2, -0.15) is 0 Å². The van der Waals surface area contributed by atoms with E-state index in [1.165, 1.54) is 11.6 Å². The Labute approximate surface area is 163 Å². The summed E-state index contributed by atoms with van der Waals surface area (Å²) in [6.07, 6.45) is 7.11. The molecule has 1 spiro atoms. The maximum absolute atomic E-state index is 12.0. The minimum Gasteiger partial charge on any atom is -0.381 e. The Hall–Kier alpha value is -2.45. The number of ether oxygens (including phenoxy) is 2. The fourth-order valence-electron chi connectivity index (χ4n) is 4.69. The number of amides is 1. The molecule has 0 saturated carbocycles. The van der Waals surface area contributed by atoms with Crippen LogP contribution in [0.4, 0.5) is 5.82 Å². The first kappa shape index (κ1) is 17.6. The highest BCUT2D eigenvalue weighted by atomic mass is 16.5. The summed E-state index contributed by atoms with van der Waals surface area (Å²) in [7, 11) is 0. The summed E-state index contributed by atoms with van der Waals surface area (Å²) in [5.74, 6) is 1.39. The molecular weight excluding hydrogens is 358 g/mol. The molecule has 3 saturated heterocycles. The number of H-pyrrole nitrogens is 1. The molecular formula is C20H25N5O3. The largest absolute Gasteiger partial charge is 0.381 e. The molecule has 1 N–H and O–H groups in total. The molecule has 2 aromatic heterocycles. The van der Waals surface area contributed by atoms with Crippen molar-refractivity contribution in [1.82, 2.24) is 19.9 Å². The van der Waals surface area contributed by atoms with E-state index >= 15 is 0 Å². The third-order valence-corrected chi connectivity index (χ3v) is 6.13. The molecule has 0 aliphatic carbocycles. The van der Waals surface area contributed by atoms with Crippen LogP contribution in [0, 0.1) is 0 Å². The van der Waals surface area contributed by atoms with Crippen molar-refractivity contribution in [2.45, 2.75) is 24.4 Å². The fourth-order valence-corrected chi connectivity index (χ4v) is 4.69. The monoisotopic (exact) mass is 383 g/mol. The lowest BCUT2D eigenvalue weighted by molar-refractivity contribution is -0.150. The molecule has 3 aliphatic heterocycles. The first-order valence-electron chi connectivity index (χ1n) is 9.89. The van der Waals surface area contributed by atoms with Crippen LogP contribution in [0.5, 0.6) is 0 Å². The smallest absolute Gasteiger partial charge is 0.246 e. The van der Waals surface area contributed by atoms with Crippen LogP contribution in [0.2, 0.25) is 0 Å². The molecule has 0 unspecified atom stereocenters. The van der Waals surface area contributed by atoms with Crippen LogP contribution in [0.25, 0.3) is 11.0 Å². The van der Waals surface area contributed by atoms with Crippen molar-refractivity contribution in [3.63, 3.8) is 0 Å². The van der Waals surface area contributed by atoms with E-state index in [1.807, 2.05) is 4.90 Å². The highest BCUT2D eigenvalue weighted by molar-refractivity contribution is 5.92. The van der Waals surface area contributed by atoms with E-state index in [9.17, 15) is 4.79 Å². The summed E-state index contributed by atoms with van der Waals surface area (Å²) in [5, 5.41) is 1.11. The van der Waals surface area contributed by atoms with Crippen molar-refractivity contribution in [3.8, 4) is 0 Å². The molecule has 0 bridgehead atoms. The summed E-state index contributed by atoms with van der Waals surface area (Å²) in [5.41, 5.74) is 1.84.